The van der Waals surface area contributed by atoms with Gasteiger partial charge in [-0.05, 0) is 31.0 Å². The van der Waals surface area contributed by atoms with Crippen molar-refractivity contribution in [1.29, 1.82) is 0 Å². The van der Waals surface area contributed by atoms with Gasteiger partial charge in [0.25, 0.3) is 11.6 Å². The van der Waals surface area contributed by atoms with Gasteiger partial charge in [0.2, 0.25) is 0 Å². The summed E-state index contributed by atoms with van der Waals surface area (Å²) >= 11 is 0. The number of nitro benzene ring substituents is 1. The second-order valence-corrected chi connectivity index (χ2v) is 6.83. The molecule has 0 bridgehead atoms. The Hall–Kier alpha value is -3.89. The van der Waals surface area contributed by atoms with E-state index in [9.17, 15) is 28.1 Å². The number of nitrogens with one attached hydrogen (secondary N) is 1. The maximum Gasteiger partial charge on any atom is 0.433 e. The maximum absolute atomic E-state index is 12.9. The summed E-state index contributed by atoms with van der Waals surface area (Å²) in [5.74, 6) is -0.406. The first-order chi connectivity index (χ1) is 14.4. The normalized spacial score (nSPS) is 11.3. The molecule has 31 heavy (non-hydrogen) atoms. The minimum absolute atomic E-state index is 0.0290. The van der Waals surface area contributed by atoms with E-state index in [1.165, 1.54) is 12.1 Å². The van der Waals surface area contributed by atoms with Crippen LogP contribution in [0.2, 0.25) is 0 Å². The first-order valence-electron chi connectivity index (χ1n) is 8.91. The number of benzene rings is 2. The monoisotopic (exact) mass is 434 g/mol. The Balaban J connectivity index is 1.91. The third-order valence-corrected chi connectivity index (χ3v) is 4.33. The number of carbonyl (C=O) groups is 1. The van der Waals surface area contributed by atoms with Crippen LogP contribution in [-0.4, -0.2) is 20.6 Å². The van der Waals surface area contributed by atoms with E-state index in [-0.39, 0.29) is 17.1 Å². The van der Waals surface area contributed by atoms with E-state index in [4.69, 9.17) is 4.74 Å². The van der Waals surface area contributed by atoms with Gasteiger partial charge in [-0.2, -0.15) is 18.3 Å². The number of alkyl halides is 3. The zero-order valence-corrected chi connectivity index (χ0v) is 16.6. The summed E-state index contributed by atoms with van der Waals surface area (Å²) in [6.45, 7) is 3.65. The van der Waals surface area contributed by atoms with Crippen LogP contribution >= 0.6 is 0 Å². The van der Waals surface area contributed by atoms with Crippen molar-refractivity contribution in [3.05, 3.63) is 75.1 Å². The molecule has 3 aromatic rings. The Bertz CT molecular complexity index is 1170. The molecule has 162 valence electrons. The number of rotatable bonds is 5. The summed E-state index contributed by atoms with van der Waals surface area (Å²) in [4.78, 5) is 23.0. The van der Waals surface area contributed by atoms with Gasteiger partial charge in [0.05, 0.1) is 16.7 Å². The minimum Gasteiger partial charge on any atom is -0.457 e. The lowest BCUT2D eigenvalue weighted by molar-refractivity contribution is -0.384. The molecule has 3 rings (SSSR count). The zero-order valence-electron chi connectivity index (χ0n) is 16.6. The van der Waals surface area contributed by atoms with Gasteiger partial charge in [-0.25, -0.2) is 0 Å². The number of anilines is 1. The Labute approximate surface area is 174 Å². The van der Waals surface area contributed by atoms with Crippen LogP contribution in [0, 0.1) is 24.0 Å². The van der Waals surface area contributed by atoms with E-state index in [2.05, 4.69) is 10.4 Å². The quantitative estimate of drug-likeness (QED) is 0.450. The zero-order chi connectivity index (χ0) is 22.9. The number of nitrogens with zero attached hydrogens (tertiary/aromatic N) is 3. The molecule has 0 unspecified atom stereocenters. The number of carbonyl (C=O) groups excluding carboxylic acids is 1. The van der Waals surface area contributed by atoms with E-state index >= 15 is 0 Å². The fourth-order valence-electron chi connectivity index (χ4n) is 2.80. The number of aryl methyl sites for hydroxylation is 3. The van der Waals surface area contributed by atoms with Crippen LogP contribution in [0.3, 0.4) is 0 Å². The van der Waals surface area contributed by atoms with Crippen LogP contribution in [0.1, 0.15) is 27.3 Å². The number of amides is 1. The molecule has 1 aromatic heterocycles. The Morgan fingerprint density at radius 2 is 1.87 bits per heavy atom. The highest BCUT2D eigenvalue weighted by Gasteiger charge is 2.35. The lowest BCUT2D eigenvalue weighted by Crippen LogP contribution is -2.13. The van der Waals surface area contributed by atoms with E-state index in [1.807, 2.05) is 19.1 Å². The van der Waals surface area contributed by atoms with Gasteiger partial charge in [-0.15, -0.1) is 0 Å². The Morgan fingerprint density at radius 3 is 2.48 bits per heavy atom. The minimum atomic E-state index is -4.68. The van der Waals surface area contributed by atoms with Crippen LogP contribution in [0.5, 0.6) is 11.5 Å². The summed E-state index contributed by atoms with van der Waals surface area (Å²) in [6.07, 6.45) is -4.68. The molecule has 8 nitrogen and oxygen atoms in total. The van der Waals surface area contributed by atoms with Gasteiger partial charge in [0, 0.05) is 25.2 Å². The first kappa shape index (κ1) is 21.8. The van der Waals surface area contributed by atoms with Crippen molar-refractivity contribution < 1.29 is 27.6 Å². The molecule has 1 heterocycles. The molecule has 0 fully saturated rings. The van der Waals surface area contributed by atoms with Gasteiger partial charge >= 0.3 is 6.18 Å². The Morgan fingerprint density at radius 1 is 1.16 bits per heavy atom. The van der Waals surface area contributed by atoms with E-state index in [0.29, 0.717) is 16.5 Å². The number of halogens is 3. The predicted octanol–water partition coefficient (Wildman–Crippen LogP) is 5.01. The van der Waals surface area contributed by atoms with E-state index < -0.39 is 28.4 Å². The number of ether oxygens (including phenoxy) is 1. The molecule has 1 amide bonds. The molecule has 1 N–H and O–H groups in total. The molecule has 0 saturated heterocycles. The Kier molecular flexibility index (Phi) is 5.69. The topological polar surface area (TPSA) is 99.3 Å². The molecule has 2 aromatic carbocycles. The van der Waals surface area contributed by atoms with Crippen LogP contribution in [-0.2, 0) is 13.2 Å². The predicted molar refractivity (Wildman–Crippen MR) is 105 cm³/mol. The summed E-state index contributed by atoms with van der Waals surface area (Å²) in [6, 6.07) is 9.63. The van der Waals surface area contributed by atoms with Gasteiger partial charge in [-0.3, -0.25) is 19.6 Å². The highest BCUT2D eigenvalue weighted by Crippen LogP contribution is 2.32. The molecule has 0 atom stereocenters. The molecule has 0 aliphatic carbocycles. The van der Waals surface area contributed by atoms with E-state index in [0.717, 1.165) is 24.2 Å². The standard InChI is InChI=1S/C20H17F3N4O4/c1-11-4-5-12(2)17(6-11)31-15-8-13(7-14(9-15)27(29)30)24-19(28)16-10-18(20(21,22)23)26(3)25-16/h4-10H,1-3H3,(H,24,28). The number of nitro groups is 1. The molecule has 11 heteroatoms. The molecule has 0 aliphatic heterocycles. The largest absolute Gasteiger partial charge is 0.457 e. The van der Waals surface area contributed by atoms with Crippen LogP contribution in [0.4, 0.5) is 24.5 Å². The molecule has 0 saturated carbocycles. The fraction of sp³-hybridized carbons (Fsp3) is 0.200. The van der Waals surface area contributed by atoms with E-state index in [1.54, 1.807) is 13.0 Å². The number of hydrogen-bond acceptors (Lipinski definition) is 5. The smallest absolute Gasteiger partial charge is 0.433 e. The lowest BCUT2D eigenvalue weighted by atomic mass is 10.1. The number of hydrogen-bond donors (Lipinski definition) is 1. The molecule has 0 aliphatic rings. The van der Waals surface area contributed by atoms with Crippen LogP contribution in [0.25, 0.3) is 0 Å². The van der Waals surface area contributed by atoms with Gasteiger partial charge in [-0.1, -0.05) is 12.1 Å². The lowest BCUT2D eigenvalue weighted by Gasteiger charge is -2.11. The third kappa shape index (κ3) is 5.00. The van der Waals surface area contributed by atoms with Crippen molar-refractivity contribution >= 4 is 17.3 Å². The van der Waals surface area contributed by atoms with Crippen molar-refractivity contribution in [3.8, 4) is 11.5 Å². The average molecular weight is 434 g/mol. The van der Waals surface area contributed by atoms with Gasteiger partial charge in [0.1, 0.15) is 17.2 Å². The molecule has 0 radical (unpaired) electrons. The van der Waals surface area contributed by atoms with Crippen molar-refractivity contribution in [1.82, 2.24) is 9.78 Å². The summed E-state index contributed by atoms with van der Waals surface area (Å²) in [7, 11) is 1.06. The SMILES string of the molecule is Cc1ccc(C)c(Oc2cc(NC(=O)c3cc(C(F)(F)F)n(C)n3)cc([N+](=O)[O-])c2)c1. The van der Waals surface area contributed by atoms with Crippen molar-refractivity contribution in [2.24, 2.45) is 7.05 Å². The van der Waals surface area contributed by atoms with Crippen LogP contribution < -0.4 is 10.1 Å². The number of aromatic nitrogens is 2. The number of non-ortho nitro benzene ring substituents is 1. The average Bonchev–Trinajstić information content (AvgIpc) is 3.07. The summed E-state index contributed by atoms with van der Waals surface area (Å²) in [5.41, 5.74) is -0.283. The highest BCUT2D eigenvalue weighted by molar-refractivity contribution is 6.03. The fourth-order valence-corrected chi connectivity index (χ4v) is 2.80. The maximum atomic E-state index is 12.9. The highest BCUT2D eigenvalue weighted by atomic mass is 19.4. The van der Waals surface area contributed by atoms with Gasteiger partial charge in [0.15, 0.2) is 5.69 Å². The molecular weight excluding hydrogens is 417 g/mol. The van der Waals surface area contributed by atoms with Crippen LogP contribution in [0.15, 0.2) is 42.5 Å². The summed E-state index contributed by atoms with van der Waals surface area (Å²) < 4.78 is 45.1. The third-order valence-electron chi connectivity index (χ3n) is 4.33. The van der Waals surface area contributed by atoms with Crippen molar-refractivity contribution in [2.45, 2.75) is 20.0 Å². The molecular formula is C20H17F3N4O4. The van der Waals surface area contributed by atoms with Crippen molar-refractivity contribution in [3.63, 3.8) is 0 Å². The second kappa shape index (κ2) is 8.09. The van der Waals surface area contributed by atoms with Gasteiger partial charge < -0.3 is 10.1 Å². The molecule has 0 spiro atoms. The first-order valence-corrected chi connectivity index (χ1v) is 8.91. The second-order valence-electron chi connectivity index (χ2n) is 6.83. The van der Waals surface area contributed by atoms with Crippen molar-refractivity contribution in [2.75, 3.05) is 5.32 Å². The summed E-state index contributed by atoms with van der Waals surface area (Å²) in [5, 5.41) is 17.2.